The van der Waals surface area contributed by atoms with Gasteiger partial charge < -0.3 is 0 Å². The van der Waals surface area contributed by atoms with Gasteiger partial charge in [0.05, 0.1) is 5.75 Å². The maximum atomic E-state index is 11.8. The van der Waals surface area contributed by atoms with Crippen LogP contribution in [0.5, 0.6) is 0 Å². The highest BCUT2D eigenvalue weighted by Gasteiger charge is 2.44. The van der Waals surface area contributed by atoms with E-state index < -0.39 is 15.9 Å². The van der Waals surface area contributed by atoms with Crippen LogP contribution in [-0.4, -0.2) is 20.1 Å². The molecule has 2 atom stereocenters. The molecule has 0 unspecified atom stereocenters. The van der Waals surface area contributed by atoms with Crippen LogP contribution in [0.3, 0.4) is 0 Å². The summed E-state index contributed by atoms with van der Waals surface area (Å²) >= 11 is 5.80. The Kier molecular flexibility index (Phi) is 4.16. The molecule has 1 aliphatic rings. The van der Waals surface area contributed by atoms with Gasteiger partial charge >= 0.3 is 0 Å². The van der Waals surface area contributed by atoms with Gasteiger partial charge in [0.15, 0.2) is 0 Å². The first kappa shape index (κ1) is 14.3. The number of hydrogen-bond acceptors (Lipinski definition) is 3. The molecule has 1 aromatic carbocycles. The predicted octanol–water partition coefficient (Wildman–Crippen LogP) is 2.30. The Balaban J connectivity index is 1.96. The average Bonchev–Trinajstić information content (AvgIpc) is 3.09. The highest BCUT2D eigenvalue weighted by Crippen LogP contribution is 2.47. The lowest BCUT2D eigenvalue weighted by atomic mass is 10.1. The number of hydrogen-bond donors (Lipinski definition) is 1. The average molecular weight is 302 g/mol. The van der Waals surface area contributed by atoms with Crippen LogP contribution in [0.15, 0.2) is 24.3 Å². The normalized spacial score (nSPS) is 22.0. The summed E-state index contributed by atoms with van der Waals surface area (Å²) in [6, 6.07) is 7.30. The van der Waals surface area contributed by atoms with Crippen molar-refractivity contribution in [1.82, 2.24) is 4.72 Å². The molecule has 104 valence electrons. The minimum atomic E-state index is -3.47. The van der Waals surface area contributed by atoms with Crippen LogP contribution in [0, 0.1) is 5.92 Å². The minimum absolute atomic E-state index is 0.0168. The van der Waals surface area contributed by atoms with Crippen molar-refractivity contribution < 1.29 is 13.2 Å². The van der Waals surface area contributed by atoms with Gasteiger partial charge in [-0.3, -0.25) is 9.52 Å². The zero-order valence-corrected chi connectivity index (χ0v) is 12.2. The summed E-state index contributed by atoms with van der Waals surface area (Å²) < 4.78 is 25.2. The van der Waals surface area contributed by atoms with Gasteiger partial charge in [-0.1, -0.05) is 30.7 Å². The third-order valence-corrected chi connectivity index (χ3v) is 4.86. The van der Waals surface area contributed by atoms with Crippen LogP contribution in [0.2, 0.25) is 5.02 Å². The van der Waals surface area contributed by atoms with Crippen molar-refractivity contribution in [1.29, 1.82) is 0 Å². The SMILES string of the molecule is CCCS(=O)(=O)NC(=O)[C@@H]1C[C@H]1c1ccc(Cl)cc1. The number of rotatable bonds is 5. The number of halogens is 1. The van der Waals surface area contributed by atoms with Gasteiger partial charge in [0.1, 0.15) is 0 Å². The van der Waals surface area contributed by atoms with Crippen molar-refractivity contribution in [2.24, 2.45) is 5.92 Å². The Hall–Kier alpha value is -1.07. The molecule has 2 rings (SSSR count). The van der Waals surface area contributed by atoms with Crippen LogP contribution < -0.4 is 4.72 Å². The molecule has 1 fully saturated rings. The fraction of sp³-hybridized carbons (Fsp3) is 0.462. The Morgan fingerprint density at radius 1 is 1.37 bits per heavy atom. The second-order valence-electron chi connectivity index (χ2n) is 4.79. The molecule has 4 nitrogen and oxygen atoms in total. The minimum Gasteiger partial charge on any atom is -0.274 e. The third kappa shape index (κ3) is 3.70. The lowest BCUT2D eigenvalue weighted by Crippen LogP contribution is -2.33. The molecule has 1 amide bonds. The molecule has 0 saturated heterocycles. The lowest BCUT2D eigenvalue weighted by molar-refractivity contribution is -0.120. The van der Waals surface area contributed by atoms with Gasteiger partial charge in [-0.15, -0.1) is 0 Å². The van der Waals surface area contributed by atoms with E-state index in [9.17, 15) is 13.2 Å². The Morgan fingerprint density at radius 3 is 2.58 bits per heavy atom. The first-order chi connectivity index (χ1) is 8.93. The van der Waals surface area contributed by atoms with Gasteiger partial charge in [-0.2, -0.15) is 0 Å². The molecular weight excluding hydrogens is 286 g/mol. The standard InChI is InChI=1S/C13H16ClNO3S/c1-2-7-19(17,18)15-13(16)12-8-11(12)9-3-5-10(14)6-4-9/h3-6,11-12H,2,7-8H2,1H3,(H,15,16)/t11-,12+/m0/s1. The second kappa shape index (κ2) is 5.51. The van der Waals surface area contributed by atoms with E-state index in [0.717, 1.165) is 5.56 Å². The number of carbonyl (C=O) groups excluding carboxylic acids is 1. The lowest BCUT2D eigenvalue weighted by Gasteiger charge is -2.05. The summed E-state index contributed by atoms with van der Waals surface area (Å²) in [4.78, 5) is 11.8. The molecule has 0 heterocycles. The second-order valence-corrected chi connectivity index (χ2v) is 7.06. The Labute approximate surface area is 118 Å². The molecule has 0 spiro atoms. The molecule has 1 saturated carbocycles. The van der Waals surface area contributed by atoms with E-state index >= 15 is 0 Å². The smallest absolute Gasteiger partial charge is 0.237 e. The van der Waals surface area contributed by atoms with E-state index in [-0.39, 0.29) is 17.6 Å². The summed E-state index contributed by atoms with van der Waals surface area (Å²) in [7, 11) is -3.47. The number of amides is 1. The van der Waals surface area contributed by atoms with Crippen LogP contribution in [0.4, 0.5) is 0 Å². The monoisotopic (exact) mass is 301 g/mol. The van der Waals surface area contributed by atoms with Crippen LogP contribution >= 0.6 is 11.6 Å². The van der Waals surface area contributed by atoms with Crippen molar-refractivity contribution in [3.63, 3.8) is 0 Å². The number of nitrogens with one attached hydrogen (secondary N) is 1. The highest BCUT2D eigenvalue weighted by molar-refractivity contribution is 7.90. The molecule has 19 heavy (non-hydrogen) atoms. The molecule has 1 aromatic rings. The van der Waals surface area contributed by atoms with Gasteiger partial charge in [0.2, 0.25) is 15.9 Å². The fourth-order valence-electron chi connectivity index (χ4n) is 2.11. The van der Waals surface area contributed by atoms with E-state index in [4.69, 9.17) is 11.6 Å². The Bertz CT molecular complexity index is 568. The Morgan fingerprint density at radius 2 is 2.00 bits per heavy atom. The van der Waals surface area contributed by atoms with Crippen molar-refractivity contribution >= 4 is 27.5 Å². The molecule has 1 N–H and O–H groups in total. The molecule has 0 aliphatic heterocycles. The van der Waals surface area contributed by atoms with Crippen molar-refractivity contribution in [2.45, 2.75) is 25.7 Å². The maximum Gasteiger partial charge on any atom is 0.237 e. The summed E-state index contributed by atoms with van der Waals surface area (Å²) in [5.41, 5.74) is 1.03. The molecular formula is C13H16ClNO3S. The quantitative estimate of drug-likeness (QED) is 0.907. The predicted molar refractivity (Wildman–Crippen MR) is 74.5 cm³/mol. The largest absolute Gasteiger partial charge is 0.274 e. The first-order valence-corrected chi connectivity index (χ1v) is 8.26. The summed E-state index contributed by atoms with van der Waals surface area (Å²) in [5, 5.41) is 0.649. The van der Waals surface area contributed by atoms with Gasteiger partial charge in [0, 0.05) is 10.9 Å². The van der Waals surface area contributed by atoms with E-state index in [2.05, 4.69) is 4.72 Å². The van der Waals surface area contributed by atoms with Crippen LogP contribution in [0.25, 0.3) is 0 Å². The zero-order chi connectivity index (χ0) is 14.0. The number of carbonyl (C=O) groups is 1. The van der Waals surface area contributed by atoms with Gasteiger partial charge in [0.25, 0.3) is 0 Å². The van der Waals surface area contributed by atoms with Crippen LogP contribution in [-0.2, 0) is 14.8 Å². The third-order valence-electron chi connectivity index (χ3n) is 3.15. The van der Waals surface area contributed by atoms with E-state index in [1.807, 2.05) is 12.1 Å². The molecule has 0 bridgehead atoms. The van der Waals surface area contributed by atoms with E-state index in [0.29, 0.717) is 17.9 Å². The molecule has 1 aliphatic carbocycles. The summed E-state index contributed by atoms with van der Waals surface area (Å²) in [5.74, 6) is -0.549. The summed E-state index contributed by atoms with van der Waals surface area (Å²) in [6.07, 6.45) is 1.18. The fourth-order valence-corrected chi connectivity index (χ4v) is 3.34. The summed E-state index contributed by atoms with van der Waals surface area (Å²) in [6.45, 7) is 1.76. The molecule has 6 heteroatoms. The van der Waals surface area contributed by atoms with Crippen molar-refractivity contribution in [3.8, 4) is 0 Å². The maximum absolute atomic E-state index is 11.8. The van der Waals surface area contributed by atoms with Crippen LogP contribution in [0.1, 0.15) is 31.2 Å². The number of sulfonamides is 1. The zero-order valence-electron chi connectivity index (χ0n) is 10.6. The van der Waals surface area contributed by atoms with Crippen molar-refractivity contribution in [3.05, 3.63) is 34.9 Å². The van der Waals surface area contributed by atoms with E-state index in [1.165, 1.54) is 0 Å². The topological polar surface area (TPSA) is 63.2 Å². The first-order valence-electron chi connectivity index (χ1n) is 6.22. The molecule has 0 aromatic heterocycles. The van der Waals surface area contributed by atoms with E-state index in [1.54, 1.807) is 19.1 Å². The molecule has 0 radical (unpaired) electrons. The highest BCUT2D eigenvalue weighted by atomic mass is 35.5. The van der Waals surface area contributed by atoms with Gasteiger partial charge in [-0.05, 0) is 36.5 Å². The van der Waals surface area contributed by atoms with Gasteiger partial charge in [-0.25, -0.2) is 8.42 Å². The van der Waals surface area contributed by atoms with Crippen molar-refractivity contribution in [2.75, 3.05) is 5.75 Å². The number of benzene rings is 1.